The molecule has 0 aliphatic rings. The van der Waals surface area contributed by atoms with Gasteiger partial charge in [0.2, 0.25) is 0 Å². The molecule has 30 heavy (non-hydrogen) atoms. The van der Waals surface area contributed by atoms with Crippen LogP contribution in [0.15, 0.2) is 58.2 Å². The van der Waals surface area contributed by atoms with Crippen molar-refractivity contribution < 1.29 is 21.9 Å². The molecule has 0 fully saturated rings. The van der Waals surface area contributed by atoms with Crippen LogP contribution in [0.1, 0.15) is 0 Å². The Labute approximate surface area is 184 Å². The van der Waals surface area contributed by atoms with E-state index < -0.39 is 27.2 Å². The van der Waals surface area contributed by atoms with E-state index in [4.69, 9.17) is 4.74 Å². The predicted octanol–water partition coefficient (Wildman–Crippen LogP) is 3.82. The summed E-state index contributed by atoms with van der Waals surface area (Å²) in [5.74, 6) is -1.29. The number of hydrogen-bond donors (Lipinski definition) is 2. The van der Waals surface area contributed by atoms with Crippen molar-refractivity contribution in [2.45, 2.75) is 4.90 Å². The van der Waals surface area contributed by atoms with Gasteiger partial charge in [0.25, 0.3) is 15.6 Å². The molecule has 1 aromatic heterocycles. The number of rotatable bonds is 6. The Morgan fingerprint density at radius 1 is 1.07 bits per heavy atom. The summed E-state index contributed by atoms with van der Waals surface area (Å²) in [7, 11) is -1.51. The molecule has 3 aromatic rings. The summed E-state index contributed by atoms with van der Waals surface area (Å²) in [6.45, 7) is 0. The van der Waals surface area contributed by atoms with E-state index in [1.807, 2.05) is 22.6 Å². The Balaban J connectivity index is 2.14. The molecular formula is C19H16F2IN3O4S. The lowest BCUT2D eigenvalue weighted by Crippen LogP contribution is -2.23. The molecule has 0 saturated carbocycles. The average molecular weight is 547 g/mol. The molecule has 2 aromatic carbocycles. The number of pyridine rings is 1. The maximum Gasteiger partial charge on any atom is 0.262 e. The quantitative estimate of drug-likeness (QED) is 0.459. The van der Waals surface area contributed by atoms with Crippen LogP contribution < -0.4 is 20.3 Å². The lowest BCUT2D eigenvalue weighted by atomic mass is 10.3. The highest BCUT2D eigenvalue weighted by Gasteiger charge is 2.23. The fourth-order valence-corrected chi connectivity index (χ4v) is 4.14. The van der Waals surface area contributed by atoms with Crippen molar-refractivity contribution in [1.29, 1.82) is 0 Å². The summed E-state index contributed by atoms with van der Waals surface area (Å²) in [6, 6.07) is 9.68. The first kappa shape index (κ1) is 22.0. The van der Waals surface area contributed by atoms with Crippen LogP contribution in [0.25, 0.3) is 0 Å². The SMILES string of the molecule is COc1cc(=O)n(C)c(Nc2ccc(I)cc2F)c1NS(=O)(=O)c1ccc(F)cc1. The Kier molecular flexibility index (Phi) is 6.31. The number of sulfonamides is 1. The van der Waals surface area contributed by atoms with Gasteiger partial charge >= 0.3 is 0 Å². The van der Waals surface area contributed by atoms with Crippen LogP contribution >= 0.6 is 22.6 Å². The number of benzene rings is 2. The standard InChI is InChI=1S/C19H16F2IN3O4S/c1-25-17(26)10-16(29-2)18(19(25)23-15-8-5-12(22)9-14(15)21)24-30(27,28)13-6-3-11(20)4-7-13/h3-10,23-24H,1-2H3. The Morgan fingerprint density at radius 3 is 2.33 bits per heavy atom. The third kappa shape index (κ3) is 4.56. The molecule has 0 spiro atoms. The summed E-state index contributed by atoms with van der Waals surface area (Å²) < 4.78 is 62.5. The summed E-state index contributed by atoms with van der Waals surface area (Å²) in [5, 5.41) is 2.75. The average Bonchev–Trinajstić information content (AvgIpc) is 2.69. The molecule has 3 rings (SSSR count). The van der Waals surface area contributed by atoms with Gasteiger partial charge < -0.3 is 10.1 Å². The van der Waals surface area contributed by atoms with E-state index in [1.54, 1.807) is 6.07 Å². The normalized spacial score (nSPS) is 11.2. The minimum atomic E-state index is -4.17. The fraction of sp³-hybridized carbons (Fsp3) is 0.105. The molecule has 0 saturated heterocycles. The maximum atomic E-state index is 14.4. The van der Waals surface area contributed by atoms with E-state index in [2.05, 4.69) is 10.0 Å². The fourth-order valence-electron chi connectivity index (χ4n) is 2.61. The van der Waals surface area contributed by atoms with Crippen LogP contribution in [-0.4, -0.2) is 20.1 Å². The van der Waals surface area contributed by atoms with Crippen molar-refractivity contribution >= 4 is 49.8 Å². The molecule has 158 valence electrons. The van der Waals surface area contributed by atoms with Crippen LogP contribution in [-0.2, 0) is 17.1 Å². The molecule has 0 amide bonds. The first-order valence-corrected chi connectivity index (χ1v) is 11.0. The molecule has 1 heterocycles. The van der Waals surface area contributed by atoms with E-state index in [0.717, 1.165) is 34.9 Å². The number of nitrogens with one attached hydrogen (secondary N) is 2. The Morgan fingerprint density at radius 2 is 1.73 bits per heavy atom. The van der Waals surface area contributed by atoms with Gasteiger partial charge in [-0.2, -0.15) is 0 Å². The van der Waals surface area contributed by atoms with Crippen molar-refractivity contribution in [3.8, 4) is 5.75 Å². The van der Waals surface area contributed by atoms with Gasteiger partial charge in [0, 0.05) is 16.7 Å². The molecule has 0 radical (unpaired) electrons. The second-order valence-electron chi connectivity index (χ2n) is 6.14. The lowest BCUT2D eigenvalue weighted by Gasteiger charge is -2.20. The lowest BCUT2D eigenvalue weighted by molar-refractivity contribution is 0.415. The topological polar surface area (TPSA) is 89.4 Å². The van der Waals surface area contributed by atoms with Crippen LogP contribution in [0, 0.1) is 15.2 Å². The molecule has 0 aliphatic heterocycles. The second kappa shape index (κ2) is 8.60. The third-order valence-corrected chi connectivity index (χ3v) is 6.20. The van der Waals surface area contributed by atoms with Crippen molar-refractivity contribution in [1.82, 2.24) is 4.57 Å². The minimum Gasteiger partial charge on any atom is -0.494 e. The maximum absolute atomic E-state index is 14.4. The van der Waals surface area contributed by atoms with E-state index in [0.29, 0.717) is 3.57 Å². The van der Waals surface area contributed by atoms with Crippen LogP contribution in [0.4, 0.5) is 26.0 Å². The zero-order chi connectivity index (χ0) is 22.1. The molecule has 0 unspecified atom stereocenters. The predicted molar refractivity (Wildman–Crippen MR) is 118 cm³/mol. The molecular weight excluding hydrogens is 531 g/mol. The molecule has 11 heteroatoms. The Bertz CT molecular complexity index is 1260. The summed E-state index contributed by atoms with van der Waals surface area (Å²) in [6.07, 6.45) is 0. The van der Waals surface area contributed by atoms with Crippen molar-refractivity contribution in [3.05, 3.63) is 74.1 Å². The summed E-state index contributed by atoms with van der Waals surface area (Å²) in [5.41, 5.74) is -0.590. The van der Waals surface area contributed by atoms with Gasteiger partial charge in [-0.15, -0.1) is 0 Å². The first-order valence-electron chi connectivity index (χ1n) is 8.41. The zero-order valence-electron chi connectivity index (χ0n) is 15.7. The van der Waals surface area contributed by atoms with Crippen LogP contribution in [0.2, 0.25) is 0 Å². The van der Waals surface area contributed by atoms with E-state index in [-0.39, 0.29) is 27.8 Å². The smallest absolute Gasteiger partial charge is 0.262 e. The zero-order valence-corrected chi connectivity index (χ0v) is 18.7. The van der Waals surface area contributed by atoms with Gasteiger partial charge in [0.1, 0.15) is 23.1 Å². The number of anilines is 3. The molecule has 0 atom stereocenters. The first-order chi connectivity index (χ1) is 14.1. The molecule has 0 aliphatic carbocycles. The summed E-state index contributed by atoms with van der Waals surface area (Å²) in [4.78, 5) is 12.1. The van der Waals surface area contributed by atoms with Crippen molar-refractivity contribution in [3.63, 3.8) is 0 Å². The van der Waals surface area contributed by atoms with E-state index in [9.17, 15) is 22.0 Å². The highest BCUT2D eigenvalue weighted by molar-refractivity contribution is 14.1. The van der Waals surface area contributed by atoms with Crippen molar-refractivity contribution in [2.24, 2.45) is 7.05 Å². The van der Waals surface area contributed by atoms with Gasteiger partial charge in [-0.1, -0.05) is 0 Å². The van der Waals surface area contributed by atoms with Crippen LogP contribution in [0.5, 0.6) is 5.75 Å². The summed E-state index contributed by atoms with van der Waals surface area (Å²) >= 11 is 1.95. The minimum absolute atomic E-state index is 0.0286. The van der Waals surface area contributed by atoms with Gasteiger partial charge in [0.05, 0.1) is 17.7 Å². The number of nitrogens with zero attached hydrogens (tertiary/aromatic N) is 1. The van der Waals surface area contributed by atoms with Crippen molar-refractivity contribution in [2.75, 3.05) is 17.1 Å². The monoisotopic (exact) mass is 547 g/mol. The number of halogens is 3. The second-order valence-corrected chi connectivity index (χ2v) is 9.07. The number of hydrogen-bond acceptors (Lipinski definition) is 5. The van der Waals surface area contributed by atoms with Gasteiger partial charge in [0.15, 0.2) is 5.75 Å². The highest BCUT2D eigenvalue weighted by atomic mass is 127. The van der Waals surface area contributed by atoms with Gasteiger partial charge in [-0.05, 0) is 65.1 Å². The van der Waals surface area contributed by atoms with E-state index in [1.165, 1.54) is 26.3 Å². The largest absolute Gasteiger partial charge is 0.494 e. The van der Waals surface area contributed by atoms with Gasteiger partial charge in [-0.25, -0.2) is 17.2 Å². The molecule has 0 bridgehead atoms. The van der Waals surface area contributed by atoms with E-state index >= 15 is 0 Å². The number of ether oxygens (including phenoxy) is 1. The van der Waals surface area contributed by atoms with Gasteiger partial charge in [-0.3, -0.25) is 14.1 Å². The third-order valence-electron chi connectivity index (χ3n) is 4.17. The molecule has 7 nitrogen and oxygen atoms in total. The van der Waals surface area contributed by atoms with Crippen LogP contribution in [0.3, 0.4) is 0 Å². The molecule has 2 N–H and O–H groups in total. The Hall–Kier alpha value is -2.67. The number of methoxy groups -OCH3 is 1. The number of aromatic nitrogens is 1. The highest BCUT2D eigenvalue weighted by Crippen LogP contribution is 2.35.